The van der Waals surface area contributed by atoms with E-state index in [0.717, 1.165) is 35.5 Å². The Bertz CT molecular complexity index is 561. The number of benzene rings is 1. The third-order valence-corrected chi connectivity index (χ3v) is 2.80. The second kappa shape index (κ2) is 4.84. The van der Waals surface area contributed by atoms with Crippen LogP contribution in [0.1, 0.15) is 30.3 Å². The highest BCUT2D eigenvalue weighted by Gasteiger charge is 2.05. The summed E-state index contributed by atoms with van der Waals surface area (Å²) in [6.07, 6.45) is 5.82. The van der Waals surface area contributed by atoms with E-state index in [9.17, 15) is 0 Å². The van der Waals surface area contributed by atoms with Crippen LogP contribution in [-0.4, -0.2) is 9.55 Å². The van der Waals surface area contributed by atoms with Crippen LogP contribution in [0.5, 0.6) is 0 Å². The van der Waals surface area contributed by atoms with Crippen molar-refractivity contribution in [3.63, 3.8) is 0 Å². The van der Waals surface area contributed by atoms with Crippen LogP contribution in [0, 0.1) is 18.3 Å². The Balaban J connectivity index is 2.43. The molecule has 0 saturated heterocycles. The van der Waals surface area contributed by atoms with E-state index in [1.807, 2.05) is 37.5 Å². The Morgan fingerprint density at radius 1 is 1.41 bits per heavy atom. The van der Waals surface area contributed by atoms with Crippen molar-refractivity contribution in [1.82, 2.24) is 9.55 Å². The van der Waals surface area contributed by atoms with Crippen LogP contribution in [0.2, 0.25) is 0 Å². The van der Waals surface area contributed by atoms with Gasteiger partial charge in [0.15, 0.2) is 0 Å². The maximum atomic E-state index is 8.91. The Hall–Kier alpha value is -2.08. The summed E-state index contributed by atoms with van der Waals surface area (Å²) in [5, 5.41) is 8.91. The van der Waals surface area contributed by atoms with E-state index in [2.05, 4.69) is 22.5 Å². The summed E-state index contributed by atoms with van der Waals surface area (Å²) in [5.41, 5.74) is 2.80. The fourth-order valence-electron chi connectivity index (χ4n) is 1.90. The molecule has 0 fully saturated rings. The summed E-state index contributed by atoms with van der Waals surface area (Å²) >= 11 is 0. The molecule has 0 radical (unpaired) electrons. The minimum absolute atomic E-state index is 0.728. The van der Waals surface area contributed by atoms with Gasteiger partial charge in [-0.2, -0.15) is 5.26 Å². The van der Waals surface area contributed by atoms with Crippen molar-refractivity contribution in [3.8, 4) is 11.8 Å². The minimum Gasteiger partial charge on any atom is -0.304 e. The van der Waals surface area contributed by atoms with Crippen LogP contribution in [0.4, 0.5) is 0 Å². The quantitative estimate of drug-likeness (QED) is 0.805. The van der Waals surface area contributed by atoms with Crippen molar-refractivity contribution in [1.29, 1.82) is 5.26 Å². The first-order valence-electron chi connectivity index (χ1n) is 5.79. The SMILES string of the molecule is CCCc1nccn1-c1ccc(C#N)c(C)c1. The zero-order valence-corrected chi connectivity index (χ0v) is 10.1. The molecule has 0 aliphatic rings. The van der Waals surface area contributed by atoms with E-state index >= 15 is 0 Å². The van der Waals surface area contributed by atoms with Crippen molar-refractivity contribution in [2.24, 2.45) is 0 Å². The number of hydrogen-bond donors (Lipinski definition) is 0. The number of rotatable bonds is 3. The van der Waals surface area contributed by atoms with Crippen molar-refractivity contribution < 1.29 is 0 Å². The first-order chi connectivity index (χ1) is 8.26. The summed E-state index contributed by atoms with van der Waals surface area (Å²) in [6.45, 7) is 4.10. The van der Waals surface area contributed by atoms with Gasteiger partial charge in [-0.25, -0.2) is 4.98 Å². The Morgan fingerprint density at radius 3 is 2.88 bits per heavy atom. The summed E-state index contributed by atoms with van der Waals surface area (Å²) in [6, 6.07) is 8.04. The zero-order valence-electron chi connectivity index (χ0n) is 10.1. The van der Waals surface area contributed by atoms with Crippen LogP contribution >= 0.6 is 0 Å². The van der Waals surface area contributed by atoms with Gasteiger partial charge in [-0.05, 0) is 37.1 Å². The van der Waals surface area contributed by atoms with Gasteiger partial charge in [0.2, 0.25) is 0 Å². The molecule has 1 aromatic carbocycles. The van der Waals surface area contributed by atoms with Crippen molar-refractivity contribution in [3.05, 3.63) is 47.5 Å². The highest BCUT2D eigenvalue weighted by atomic mass is 15.1. The molecule has 3 nitrogen and oxygen atoms in total. The van der Waals surface area contributed by atoms with Gasteiger partial charge in [0.05, 0.1) is 11.6 Å². The minimum atomic E-state index is 0.728. The third kappa shape index (κ3) is 2.21. The van der Waals surface area contributed by atoms with E-state index in [4.69, 9.17) is 5.26 Å². The number of hydrogen-bond acceptors (Lipinski definition) is 2. The maximum Gasteiger partial charge on any atom is 0.113 e. The maximum absolute atomic E-state index is 8.91. The highest BCUT2D eigenvalue weighted by Crippen LogP contribution is 2.16. The summed E-state index contributed by atoms with van der Waals surface area (Å²) in [5.74, 6) is 1.07. The topological polar surface area (TPSA) is 41.6 Å². The monoisotopic (exact) mass is 225 g/mol. The molecule has 0 aliphatic carbocycles. The fourth-order valence-corrected chi connectivity index (χ4v) is 1.90. The molecule has 0 aliphatic heterocycles. The van der Waals surface area contributed by atoms with Gasteiger partial charge >= 0.3 is 0 Å². The number of nitriles is 1. The van der Waals surface area contributed by atoms with Gasteiger partial charge in [-0.15, -0.1) is 0 Å². The van der Waals surface area contributed by atoms with Gasteiger partial charge in [-0.1, -0.05) is 6.92 Å². The summed E-state index contributed by atoms with van der Waals surface area (Å²) in [7, 11) is 0. The predicted molar refractivity (Wildman–Crippen MR) is 67.0 cm³/mol. The average molecular weight is 225 g/mol. The molecule has 3 heteroatoms. The zero-order chi connectivity index (χ0) is 12.3. The Kier molecular flexibility index (Phi) is 3.24. The van der Waals surface area contributed by atoms with Crippen molar-refractivity contribution in [2.75, 3.05) is 0 Å². The number of imidazole rings is 1. The molecule has 1 aromatic heterocycles. The normalized spacial score (nSPS) is 10.2. The molecule has 0 spiro atoms. The van der Waals surface area contributed by atoms with E-state index in [-0.39, 0.29) is 0 Å². The van der Waals surface area contributed by atoms with Gasteiger partial charge < -0.3 is 4.57 Å². The van der Waals surface area contributed by atoms with Crippen LogP contribution in [0.25, 0.3) is 5.69 Å². The lowest BCUT2D eigenvalue weighted by Crippen LogP contribution is -2.00. The van der Waals surface area contributed by atoms with E-state index in [0.29, 0.717) is 0 Å². The first-order valence-corrected chi connectivity index (χ1v) is 5.79. The van der Waals surface area contributed by atoms with Gasteiger partial charge in [0, 0.05) is 24.5 Å². The molecular formula is C14H15N3. The van der Waals surface area contributed by atoms with Crippen LogP contribution in [0.15, 0.2) is 30.6 Å². The number of aryl methyl sites for hydroxylation is 2. The average Bonchev–Trinajstić information content (AvgIpc) is 2.78. The number of aromatic nitrogens is 2. The van der Waals surface area contributed by atoms with Gasteiger partial charge in [0.25, 0.3) is 0 Å². The molecule has 86 valence electrons. The molecule has 0 saturated carbocycles. The third-order valence-electron chi connectivity index (χ3n) is 2.80. The Labute approximate surface area is 101 Å². The van der Waals surface area contributed by atoms with Gasteiger partial charge in [-0.3, -0.25) is 0 Å². The molecule has 0 atom stereocenters. The molecule has 0 amide bonds. The summed E-state index contributed by atoms with van der Waals surface area (Å²) in [4.78, 5) is 4.35. The Morgan fingerprint density at radius 2 is 2.24 bits per heavy atom. The van der Waals surface area contributed by atoms with Crippen molar-refractivity contribution >= 4 is 0 Å². The van der Waals surface area contributed by atoms with E-state index in [1.54, 1.807) is 0 Å². The lowest BCUT2D eigenvalue weighted by atomic mass is 10.1. The second-order valence-electron chi connectivity index (χ2n) is 4.07. The lowest BCUT2D eigenvalue weighted by Gasteiger charge is -2.08. The molecule has 2 aromatic rings. The second-order valence-corrected chi connectivity index (χ2v) is 4.07. The standard InChI is InChI=1S/C14H15N3/c1-3-4-14-16-7-8-17(14)13-6-5-12(10-15)11(2)9-13/h5-9H,3-4H2,1-2H3. The van der Waals surface area contributed by atoms with E-state index < -0.39 is 0 Å². The molecular weight excluding hydrogens is 210 g/mol. The number of nitrogens with zero attached hydrogens (tertiary/aromatic N) is 3. The molecule has 17 heavy (non-hydrogen) atoms. The largest absolute Gasteiger partial charge is 0.304 e. The predicted octanol–water partition coefficient (Wildman–Crippen LogP) is 3.00. The molecule has 2 rings (SSSR count). The van der Waals surface area contributed by atoms with Crippen LogP contribution in [0.3, 0.4) is 0 Å². The van der Waals surface area contributed by atoms with Gasteiger partial charge in [0.1, 0.15) is 5.82 Å². The smallest absolute Gasteiger partial charge is 0.113 e. The van der Waals surface area contributed by atoms with Crippen LogP contribution < -0.4 is 0 Å². The highest BCUT2D eigenvalue weighted by molar-refractivity contribution is 5.45. The van der Waals surface area contributed by atoms with Crippen molar-refractivity contribution in [2.45, 2.75) is 26.7 Å². The van der Waals surface area contributed by atoms with Crippen LogP contribution in [-0.2, 0) is 6.42 Å². The summed E-state index contributed by atoms with van der Waals surface area (Å²) < 4.78 is 2.08. The van der Waals surface area contributed by atoms with E-state index in [1.165, 1.54) is 0 Å². The molecule has 0 bridgehead atoms. The molecule has 0 N–H and O–H groups in total. The molecule has 1 heterocycles. The lowest BCUT2D eigenvalue weighted by molar-refractivity contribution is 0.809. The first kappa shape index (κ1) is 11.4. The molecule has 0 unspecified atom stereocenters. The fraction of sp³-hybridized carbons (Fsp3) is 0.286.